The predicted octanol–water partition coefficient (Wildman–Crippen LogP) is 1.61. The molecule has 1 aliphatic carbocycles. The topological polar surface area (TPSA) is 89.1 Å². The van der Waals surface area contributed by atoms with Gasteiger partial charge in [0.1, 0.15) is 5.82 Å². The van der Waals surface area contributed by atoms with Gasteiger partial charge in [-0.2, -0.15) is 9.50 Å². The number of rotatable bonds is 3. The minimum atomic E-state index is -0.294. The van der Waals surface area contributed by atoms with E-state index < -0.39 is 0 Å². The van der Waals surface area contributed by atoms with Crippen LogP contribution in [0.25, 0.3) is 5.78 Å². The number of halogens is 1. The molecule has 0 saturated heterocycles. The number of anilines is 1. The summed E-state index contributed by atoms with van der Waals surface area (Å²) in [6, 6.07) is 6.15. The molecule has 1 aromatic carbocycles. The predicted molar refractivity (Wildman–Crippen MR) is 79.2 cm³/mol. The lowest BCUT2D eigenvalue weighted by atomic mass is 10.0. The van der Waals surface area contributed by atoms with Crippen LogP contribution in [-0.4, -0.2) is 19.6 Å². The fourth-order valence-electron chi connectivity index (χ4n) is 2.65. The van der Waals surface area contributed by atoms with E-state index in [1.54, 1.807) is 12.1 Å². The van der Waals surface area contributed by atoms with Gasteiger partial charge in [-0.15, -0.1) is 0 Å². The van der Waals surface area contributed by atoms with Crippen molar-refractivity contribution in [2.75, 3.05) is 5.73 Å². The molecule has 0 atom stereocenters. The molecule has 2 aromatic heterocycles. The second kappa shape index (κ2) is 4.66. The lowest BCUT2D eigenvalue weighted by Gasteiger charge is -2.07. The van der Waals surface area contributed by atoms with Crippen molar-refractivity contribution in [3.63, 3.8) is 0 Å². The lowest BCUT2D eigenvalue weighted by Crippen LogP contribution is -2.23. The van der Waals surface area contributed by atoms with Gasteiger partial charge < -0.3 is 5.73 Å². The van der Waals surface area contributed by atoms with Crippen LogP contribution in [0.2, 0.25) is 0 Å². The molecule has 0 unspecified atom stereocenters. The first-order chi connectivity index (χ1) is 10.6. The Balaban J connectivity index is 1.87. The SMILES string of the molecule is Nc1nc2nc(C3CC3)c(Cc3ccc(F)cc3)c(=O)n2[nH]1. The molecule has 1 fully saturated rings. The summed E-state index contributed by atoms with van der Waals surface area (Å²) in [6.07, 6.45) is 2.47. The summed E-state index contributed by atoms with van der Waals surface area (Å²) in [4.78, 5) is 21.2. The summed E-state index contributed by atoms with van der Waals surface area (Å²) in [5, 5.41) is 2.70. The zero-order valence-electron chi connectivity index (χ0n) is 11.7. The Hall–Kier alpha value is -2.70. The zero-order chi connectivity index (χ0) is 15.3. The minimum absolute atomic E-state index is 0.158. The quantitative estimate of drug-likeness (QED) is 0.769. The monoisotopic (exact) mass is 299 g/mol. The maximum atomic E-state index is 13.0. The molecule has 0 aliphatic heterocycles. The van der Waals surface area contributed by atoms with Crippen LogP contribution in [0.1, 0.15) is 35.6 Å². The second-order valence-electron chi connectivity index (χ2n) is 5.60. The molecule has 22 heavy (non-hydrogen) atoms. The molecule has 1 aliphatic rings. The smallest absolute Gasteiger partial charge is 0.277 e. The van der Waals surface area contributed by atoms with E-state index in [0.717, 1.165) is 24.1 Å². The molecule has 4 rings (SSSR count). The molecular weight excluding hydrogens is 285 g/mol. The summed E-state index contributed by atoms with van der Waals surface area (Å²) in [7, 11) is 0. The lowest BCUT2D eigenvalue weighted by molar-refractivity contribution is 0.627. The van der Waals surface area contributed by atoms with Crippen molar-refractivity contribution in [1.29, 1.82) is 0 Å². The molecule has 2 heterocycles. The average Bonchev–Trinajstić information content (AvgIpc) is 3.26. The molecule has 0 bridgehead atoms. The fourth-order valence-corrected chi connectivity index (χ4v) is 2.65. The maximum absolute atomic E-state index is 13.0. The van der Waals surface area contributed by atoms with E-state index in [-0.39, 0.29) is 17.3 Å². The first-order valence-electron chi connectivity index (χ1n) is 7.13. The van der Waals surface area contributed by atoms with Crippen LogP contribution in [0.3, 0.4) is 0 Å². The highest BCUT2D eigenvalue weighted by atomic mass is 19.1. The summed E-state index contributed by atoms with van der Waals surface area (Å²) in [5.41, 5.74) is 7.70. The van der Waals surface area contributed by atoms with Crippen molar-refractivity contribution >= 4 is 11.7 Å². The van der Waals surface area contributed by atoms with E-state index in [2.05, 4.69) is 15.1 Å². The van der Waals surface area contributed by atoms with Crippen molar-refractivity contribution in [2.24, 2.45) is 0 Å². The number of nitrogens with zero attached hydrogens (tertiary/aromatic N) is 3. The number of benzene rings is 1. The highest BCUT2D eigenvalue weighted by molar-refractivity contribution is 5.40. The van der Waals surface area contributed by atoms with E-state index >= 15 is 0 Å². The fraction of sp³-hybridized carbons (Fsp3) is 0.267. The average molecular weight is 299 g/mol. The van der Waals surface area contributed by atoms with Crippen LogP contribution in [-0.2, 0) is 6.42 Å². The van der Waals surface area contributed by atoms with Gasteiger partial charge in [-0.05, 0) is 30.5 Å². The Morgan fingerprint density at radius 1 is 1.27 bits per heavy atom. The van der Waals surface area contributed by atoms with Gasteiger partial charge in [0.15, 0.2) is 0 Å². The number of hydrogen-bond donors (Lipinski definition) is 2. The van der Waals surface area contributed by atoms with Gasteiger partial charge in [-0.1, -0.05) is 12.1 Å². The molecule has 3 aromatic rings. The van der Waals surface area contributed by atoms with Crippen LogP contribution in [0.15, 0.2) is 29.1 Å². The first-order valence-corrected chi connectivity index (χ1v) is 7.13. The Labute approximate surface area is 124 Å². The van der Waals surface area contributed by atoms with Crippen LogP contribution in [0.4, 0.5) is 10.3 Å². The molecule has 112 valence electrons. The summed E-state index contributed by atoms with van der Waals surface area (Å²) in [6.45, 7) is 0. The molecule has 0 radical (unpaired) electrons. The third-order valence-electron chi connectivity index (χ3n) is 3.90. The van der Waals surface area contributed by atoms with Crippen molar-refractivity contribution in [3.05, 3.63) is 57.3 Å². The van der Waals surface area contributed by atoms with E-state index in [4.69, 9.17) is 5.73 Å². The zero-order valence-corrected chi connectivity index (χ0v) is 11.7. The molecule has 1 saturated carbocycles. The van der Waals surface area contributed by atoms with Crippen LogP contribution in [0, 0.1) is 5.82 Å². The van der Waals surface area contributed by atoms with Gasteiger partial charge in [0, 0.05) is 17.9 Å². The van der Waals surface area contributed by atoms with E-state index in [1.807, 2.05) is 0 Å². The molecular formula is C15H14FN5O. The standard InChI is InChI=1S/C15H14FN5O/c16-10-5-1-8(2-6-10)7-11-12(9-3-4-9)18-15-19-14(17)20-21(15)13(11)22/h1-2,5-6,9H,3-4,7H2,(H3,17,18,19,20). The largest absolute Gasteiger partial charge is 0.368 e. The van der Waals surface area contributed by atoms with Gasteiger partial charge in [-0.3, -0.25) is 9.89 Å². The normalized spacial score (nSPS) is 14.6. The molecule has 3 N–H and O–H groups in total. The number of hydrogen-bond acceptors (Lipinski definition) is 4. The van der Waals surface area contributed by atoms with Gasteiger partial charge >= 0.3 is 0 Å². The third kappa shape index (κ3) is 2.14. The number of nitrogen functional groups attached to an aromatic ring is 1. The highest BCUT2D eigenvalue weighted by Gasteiger charge is 2.30. The highest BCUT2D eigenvalue weighted by Crippen LogP contribution is 2.40. The van der Waals surface area contributed by atoms with Crippen molar-refractivity contribution < 1.29 is 4.39 Å². The second-order valence-corrected chi connectivity index (χ2v) is 5.60. The third-order valence-corrected chi connectivity index (χ3v) is 3.90. The van der Waals surface area contributed by atoms with E-state index in [1.165, 1.54) is 16.6 Å². The van der Waals surface area contributed by atoms with Crippen LogP contribution < -0.4 is 11.3 Å². The first kappa shape index (κ1) is 13.0. The summed E-state index contributed by atoms with van der Waals surface area (Å²) >= 11 is 0. The van der Waals surface area contributed by atoms with E-state index in [0.29, 0.717) is 23.7 Å². The Kier molecular flexibility index (Phi) is 2.75. The van der Waals surface area contributed by atoms with Crippen LogP contribution >= 0.6 is 0 Å². The molecule has 7 heteroatoms. The Morgan fingerprint density at radius 3 is 2.68 bits per heavy atom. The molecule has 0 amide bonds. The Morgan fingerprint density at radius 2 is 2.00 bits per heavy atom. The van der Waals surface area contributed by atoms with Gasteiger partial charge in [-0.25, -0.2) is 9.37 Å². The van der Waals surface area contributed by atoms with Gasteiger partial charge in [0.2, 0.25) is 5.95 Å². The molecule has 6 nitrogen and oxygen atoms in total. The van der Waals surface area contributed by atoms with Crippen molar-refractivity contribution in [2.45, 2.75) is 25.2 Å². The number of H-pyrrole nitrogens is 1. The number of aromatic amines is 1. The Bertz CT molecular complexity index is 908. The number of aromatic nitrogens is 4. The number of fused-ring (bicyclic) bond motifs is 1. The van der Waals surface area contributed by atoms with E-state index in [9.17, 15) is 9.18 Å². The van der Waals surface area contributed by atoms with Crippen molar-refractivity contribution in [1.82, 2.24) is 19.6 Å². The summed E-state index contributed by atoms with van der Waals surface area (Å²) in [5.74, 6) is 0.474. The van der Waals surface area contributed by atoms with Crippen LogP contribution in [0.5, 0.6) is 0 Å². The van der Waals surface area contributed by atoms with Gasteiger partial charge in [0.25, 0.3) is 11.3 Å². The summed E-state index contributed by atoms with van der Waals surface area (Å²) < 4.78 is 14.3. The molecule has 0 spiro atoms. The number of nitrogens with one attached hydrogen (secondary N) is 1. The van der Waals surface area contributed by atoms with Gasteiger partial charge in [0.05, 0.1) is 5.69 Å². The van der Waals surface area contributed by atoms with Crippen molar-refractivity contribution in [3.8, 4) is 0 Å². The number of nitrogens with two attached hydrogens (primary N) is 1. The maximum Gasteiger partial charge on any atom is 0.277 e. The minimum Gasteiger partial charge on any atom is -0.368 e.